The monoisotopic (exact) mass is 221 g/mol. The van der Waals surface area contributed by atoms with E-state index in [-0.39, 0.29) is 5.57 Å². The van der Waals surface area contributed by atoms with Gasteiger partial charge in [0.15, 0.2) is 0 Å². The lowest BCUT2D eigenvalue weighted by atomic mass is 10.1. The van der Waals surface area contributed by atoms with E-state index in [4.69, 9.17) is 5.11 Å². The number of hydrogen-bond acceptors (Lipinski definition) is 3. The first-order chi connectivity index (χ1) is 6.73. The number of carboxylic acid groups (broad SMARTS) is 1. The van der Waals surface area contributed by atoms with Crippen molar-refractivity contribution >= 4 is 11.9 Å². The largest absolute Gasteiger partial charge is 0.477 e. The van der Waals surface area contributed by atoms with Crippen LogP contribution >= 0.6 is 0 Å². The molecule has 0 aromatic rings. The number of esters is 1. The van der Waals surface area contributed by atoms with E-state index in [2.05, 4.69) is 18.2 Å². The highest BCUT2D eigenvalue weighted by Gasteiger charge is 2.51. The molecule has 0 rings (SSSR count). The van der Waals surface area contributed by atoms with Crippen LogP contribution in [-0.2, 0) is 14.3 Å². The summed E-state index contributed by atoms with van der Waals surface area (Å²) in [6.45, 7) is 7.54. The van der Waals surface area contributed by atoms with Crippen LogP contribution in [0.1, 0.15) is 13.3 Å². The van der Waals surface area contributed by atoms with Crippen molar-refractivity contribution in [2.45, 2.75) is 25.4 Å². The van der Waals surface area contributed by atoms with Crippen molar-refractivity contribution in [3.63, 3.8) is 0 Å². The maximum atomic E-state index is 12.9. The van der Waals surface area contributed by atoms with E-state index in [1.807, 2.05) is 0 Å². The van der Waals surface area contributed by atoms with Crippen LogP contribution in [0.2, 0.25) is 0 Å². The summed E-state index contributed by atoms with van der Waals surface area (Å²) in [5.41, 5.74) is -0.0883. The van der Waals surface area contributed by atoms with Crippen LogP contribution in [0.25, 0.3) is 0 Å². The third kappa shape index (κ3) is 3.23. The van der Waals surface area contributed by atoms with Crippen molar-refractivity contribution in [3.05, 3.63) is 19.1 Å². The fraction of sp³-hybridized carbons (Fsp3) is 0.444. The van der Waals surface area contributed by atoms with Gasteiger partial charge in [-0.05, 0) is 6.92 Å². The van der Waals surface area contributed by atoms with Crippen molar-refractivity contribution in [1.29, 1.82) is 0 Å². The van der Waals surface area contributed by atoms with Crippen molar-refractivity contribution < 1.29 is 28.2 Å². The Morgan fingerprint density at radius 1 is 1.60 bits per heavy atom. The Morgan fingerprint density at radius 2 is 2.07 bits per heavy atom. The Kier molecular flexibility index (Phi) is 4.26. The maximum Gasteiger partial charge on any atom is 0.382 e. The van der Waals surface area contributed by atoms with Gasteiger partial charge in [-0.1, -0.05) is 6.58 Å². The molecule has 0 heterocycles. The number of halogens is 2. The zero-order chi connectivity index (χ0) is 12.2. The van der Waals surface area contributed by atoms with E-state index in [9.17, 15) is 18.4 Å². The Morgan fingerprint density at radius 3 is 2.33 bits per heavy atom. The molecule has 84 valence electrons. The molecule has 0 aliphatic rings. The first-order valence-corrected chi connectivity index (χ1v) is 4.00. The number of rotatable bonds is 5. The van der Waals surface area contributed by atoms with Gasteiger partial charge in [0.05, 0.1) is 6.92 Å². The summed E-state index contributed by atoms with van der Waals surface area (Å²) in [6, 6.07) is 0. The van der Waals surface area contributed by atoms with Gasteiger partial charge in [-0.2, -0.15) is 8.78 Å². The molecule has 1 unspecified atom stereocenters. The van der Waals surface area contributed by atoms with Crippen LogP contribution in [-0.4, -0.2) is 29.1 Å². The lowest BCUT2D eigenvalue weighted by Gasteiger charge is -2.19. The molecule has 0 aromatic carbocycles. The van der Waals surface area contributed by atoms with E-state index in [0.717, 1.165) is 0 Å². The van der Waals surface area contributed by atoms with E-state index >= 15 is 0 Å². The van der Waals surface area contributed by atoms with Gasteiger partial charge in [-0.25, -0.2) is 9.59 Å². The second kappa shape index (κ2) is 4.77. The molecule has 0 spiro atoms. The zero-order valence-corrected chi connectivity index (χ0v) is 8.13. The van der Waals surface area contributed by atoms with Gasteiger partial charge in [-0.15, -0.1) is 0 Å². The van der Waals surface area contributed by atoms with E-state index in [0.29, 0.717) is 0 Å². The van der Waals surface area contributed by atoms with Gasteiger partial charge >= 0.3 is 17.9 Å². The second-order valence-electron chi connectivity index (χ2n) is 2.89. The van der Waals surface area contributed by atoms with Crippen molar-refractivity contribution in [3.8, 4) is 0 Å². The number of hydrogen-bond donors (Lipinski definition) is 1. The zero-order valence-electron chi connectivity index (χ0n) is 8.13. The predicted molar refractivity (Wildman–Crippen MR) is 47.3 cm³/mol. The van der Waals surface area contributed by atoms with Gasteiger partial charge in [0.1, 0.15) is 6.42 Å². The summed E-state index contributed by atoms with van der Waals surface area (Å²) >= 11 is 0. The number of carbonyl (C=O) groups excluding carboxylic acids is 1. The van der Waals surface area contributed by atoms with Gasteiger partial charge in [-0.3, -0.25) is 0 Å². The SMILES string of the molecule is C=C(C)C(=O)OC(C[CH2+])C(F)(F)C(=O)O. The minimum atomic E-state index is -4.15. The van der Waals surface area contributed by atoms with Crippen LogP contribution in [0.3, 0.4) is 0 Å². The van der Waals surface area contributed by atoms with Crippen LogP contribution in [0.15, 0.2) is 12.2 Å². The quantitative estimate of drug-likeness (QED) is 0.433. The molecule has 15 heavy (non-hydrogen) atoms. The van der Waals surface area contributed by atoms with Crippen molar-refractivity contribution in [2.75, 3.05) is 0 Å². The third-order valence-corrected chi connectivity index (χ3v) is 1.55. The molecule has 1 N–H and O–H groups in total. The molecule has 4 nitrogen and oxygen atoms in total. The Balaban J connectivity index is 4.71. The lowest BCUT2D eigenvalue weighted by molar-refractivity contribution is -0.191. The molecule has 0 fully saturated rings. The molecule has 0 radical (unpaired) electrons. The minimum Gasteiger partial charge on any atom is -0.477 e. The average Bonchev–Trinajstić information content (AvgIpc) is 2.12. The first kappa shape index (κ1) is 13.4. The normalized spacial score (nSPS) is 13.0. The molecule has 6 heteroatoms. The fourth-order valence-corrected chi connectivity index (χ4v) is 0.682. The van der Waals surface area contributed by atoms with E-state index in [1.54, 1.807) is 0 Å². The molecule has 0 aromatic heterocycles. The third-order valence-electron chi connectivity index (χ3n) is 1.55. The molecule has 0 aliphatic heterocycles. The van der Waals surface area contributed by atoms with Gasteiger partial charge < -0.3 is 9.84 Å². The maximum absolute atomic E-state index is 12.9. The first-order valence-electron chi connectivity index (χ1n) is 4.00. The fourth-order valence-electron chi connectivity index (χ4n) is 0.682. The van der Waals surface area contributed by atoms with E-state index in [1.165, 1.54) is 6.92 Å². The molecule has 1 atom stereocenters. The highest BCUT2D eigenvalue weighted by molar-refractivity contribution is 5.87. The number of carbonyl (C=O) groups is 2. The average molecular weight is 221 g/mol. The Hall–Kier alpha value is -1.59. The van der Waals surface area contributed by atoms with Gasteiger partial charge in [0.2, 0.25) is 6.10 Å². The molecule has 0 saturated carbocycles. The molecule has 0 aliphatic carbocycles. The summed E-state index contributed by atoms with van der Waals surface area (Å²) < 4.78 is 30.0. The summed E-state index contributed by atoms with van der Waals surface area (Å²) in [5, 5.41) is 8.20. The Bertz CT molecular complexity index is 286. The molecule has 0 saturated heterocycles. The topological polar surface area (TPSA) is 63.6 Å². The molecule has 0 bridgehead atoms. The summed E-state index contributed by atoms with van der Waals surface area (Å²) in [5.74, 6) is -7.57. The summed E-state index contributed by atoms with van der Waals surface area (Å²) in [6.07, 6.45) is -2.63. The molecular formula is C9H11F2O4+. The Labute approximate surface area is 85.5 Å². The van der Waals surface area contributed by atoms with Crippen LogP contribution in [0, 0.1) is 6.92 Å². The standard InChI is InChI=1S/C9H10F2O4/c1-4-6(9(10,11)8(13)14)15-7(12)5(2)3/h6H,1-2,4H2,3H3/p+1. The number of alkyl halides is 2. The van der Waals surface area contributed by atoms with Crippen molar-refractivity contribution in [2.24, 2.45) is 0 Å². The number of aliphatic carboxylic acids is 1. The van der Waals surface area contributed by atoms with E-state index < -0.39 is 30.4 Å². The number of carboxylic acids is 1. The lowest BCUT2D eigenvalue weighted by Crippen LogP contribution is -2.43. The summed E-state index contributed by atoms with van der Waals surface area (Å²) in [4.78, 5) is 21.1. The van der Waals surface area contributed by atoms with Gasteiger partial charge in [0.25, 0.3) is 0 Å². The highest BCUT2D eigenvalue weighted by Crippen LogP contribution is 2.24. The minimum absolute atomic E-state index is 0.0883. The van der Waals surface area contributed by atoms with Crippen LogP contribution in [0.4, 0.5) is 8.78 Å². The van der Waals surface area contributed by atoms with Crippen LogP contribution < -0.4 is 0 Å². The molecular weight excluding hydrogens is 210 g/mol. The smallest absolute Gasteiger partial charge is 0.382 e. The highest BCUT2D eigenvalue weighted by atomic mass is 19.3. The molecule has 0 amide bonds. The number of ether oxygens (including phenoxy) is 1. The van der Waals surface area contributed by atoms with Crippen LogP contribution in [0.5, 0.6) is 0 Å². The van der Waals surface area contributed by atoms with Crippen molar-refractivity contribution in [1.82, 2.24) is 0 Å². The van der Waals surface area contributed by atoms with Gasteiger partial charge in [0, 0.05) is 5.57 Å². The second-order valence-corrected chi connectivity index (χ2v) is 2.89. The summed E-state index contributed by atoms with van der Waals surface area (Å²) in [7, 11) is 0. The predicted octanol–water partition coefficient (Wildman–Crippen LogP) is 1.42.